The molecular formula is C9H11N3O3. The number of aromatic nitrogens is 1. The zero-order chi connectivity index (χ0) is 11.3. The number of pyridine rings is 1. The second-order valence-electron chi connectivity index (χ2n) is 2.75. The minimum absolute atomic E-state index is 0.0916. The van der Waals surface area contributed by atoms with E-state index in [1.54, 1.807) is 0 Å². The molecule has 0 bridgehead atoms. The molecule has 0 fully saturated rings. The predicted molar refractivity (Wildman–Crippen MR) is 52.3 cm³/mol. The standard InChI is InChI=1S/C9H11N3O3/c1-10-8(14)5-12-9(15)6-2-3-11-4-7(6)13/h2-4,13H,5H2,1H3,(H,10,14)(H,12,15). The summed E-state index contributed by atoms with van der Waals surface area (Å²) in [7, 11) is 1.47. The van der Waals surface area contributed by atoms with Crippen LogP contribution in [0.4, 0.5) is 0 Å². The Morgan fingerprint density at radius 3 is 2.87 bits per heavy atom. The van der Waals surface area contributed by atoms with Crippen molar-refractivity contribution in [2.24, 2.45) is 0 Å². The van der Waals surface area contributed by atoms with Crippen LogP contribution in [-0.4, -0.2) is 35.5 Å². The number of likely N-dealkylation sites (N-methyl/N-ethyl adjacent to an activating group) is 1. The van der Waals surface area contributed by atoms with Gasteiger partial charge in [-0.05, 0) is 6.07 Å². The second-order valence-corrected chi connectivity index (χ2v) is 2.75. The first kappa shape index (κ1) is 11.0. The van der Waals surface area contributed by atoms with Crippen molar-refractivity contribution >= 4 is 11.8 Å². The molecular weight excluding hydrogens is 198 g/mol. The lowest BCUT2D eigenvalue weighted by atomic mass is 10.2. The van der Waals surface area contributed by atoms with Gasteiger partial charge in [-0.25, -0.2) is 0 Å². The lowest BCUT2D eigenvalue weighted by molar-refractivity contribution is -0.119. The molecule has 15 heavy (non-hydrogen) atoms. The van der Waals surface area contributed by atoms with Crippen LogP contribution in [0.15, 0.2) is 18.5 Å². The molecule has 80 valence electrons. The summed E-state index contributed by atoms with van der Waals surface area (Å²) in [6.45, 7) is -0.128. The highest BCUT2D eigenvalue weighted by atomic mass is 16.3. The van der Waals surface area contributed by atoms with Gasteiger partial charge >= 0.3 is 0 Å². The number of carbonyl (C=O) groups is 2. The van der Waals surface area contributed by atoms with Crippen LogP contribution >= 0.6 is 0 Å². The first-order valence-electron chi connectivity index (χ1n) is 4.27. The Morgan fingerprint density at radius 1 is 1.53 bits per heavy atom. The van der Waals surface area contributed by atoms with E-state index < -0.39 is 5.91 Å². The normalized spacial score (nSPS) is 9.40. The summed E-state index contributed by atoms with van der Waals surface area (Å²) >= 11 is 0. The summed E-state index contributed by atoms with van der Waals surface area (Å²) in [5.41, 5.74) is 0.0916. The van der Waals surface area contributed by atoms with Crippen LogP contribution in [0, 0.1) is 0 Å². The number of hydrogen-bond donors (Lipinski definition) is 3. The number of amides is 2. The number of hydrogen-bond acceptors (Lipinski definition) is 4. The van der Waals surface area contributed by atoms with Crippen LogP contribution in [0.5, 0.6) is 5.75 Å². The first-order valence-corrected chi connectivity index (χ1v) is 4.27. The van der Waals surface area contributed by atoms with Crippen LogP contribution in [0.25, 0.3) is 0 Å². The lowest BCUT2D eigenvalue weighted by Gasteiger charge is -2.04. The van der Waals surface area contributed by atoms with E-state index in [0.717, 1.165) is 6.20 Å². The zero-order valence-electron chi connectivity index (χ0n) is 8.15. The first-order chi connectivity index (χ1) is 7.15. The molecule has 6 nitrogen and oxygen atoms in total. The Kier molecular flexibility index (Phi) is 3.61. The van der Waals surface area contributed by atoms with Gasteiger partial charge in [0.05, 0.1) is 18.3 Å². The fourth-order valence-electron chi connectivity index (χ4n) is 0.922. The van der Waals surface area contributed by atoms with Gasteiger partial charge in [0.1, 0.15) is 5.75 Å². The topological polar surface area (TPSA) is 91.3 Å². The number of nitrogens with zero attached hydrogens (tertiary/aromatic N) is 1. The van der Waals surface area contributed by atoms with E-state index in [1.807, 2.05) is 0 Å². The quantitative estimate of drug-likeness (QED) is 0.611. The van der Waals surface area contributed by atoms with Gasteiger partial charge in [0.2, 0.25) is 5.91 Å². The molecule has 3 N–H and O–H groups in total. The Morgan fingerprint density at radius 2 is 2.27 bits per heavy atom. The Bertz CT molecular complexity index is 379. The van der Waals surface area contributed by atoms with Crippen LogP contribution in [0.2, 0.25) is 0 Å². The summed E-state index contributed by atoms with van der Waals surface area (Å²) in [6.07, 6.45) is 2.54. The minimum atomic E-state index is -0.515. The number of aromatic hydroxyl groups is 1. The van der Waals surface area contributed by atoms with E-state index in [2.05, 4.69) is 15.6 Å². The molecule has 0 spiro atoms. The van der Waals surface area contributed by atoms with Gasteiger partial charge in [0, 0.05) is 13.2 Å². The van der Waals surface area contributed by atoms with Crippen molar-refractivity contribution in [1.82, 2.24) is 15.6 Å². The highest BCUT2D eigenvalue weighted by molar-refractivity contribution is 5.98. The van der Waals surface area contributed by atoms with Crippen LogP contribution in [0.1, 0.15) is 10.4 Å². The highest BCUT2D eigenvalue weighted by Gasteiger charge is 2.10. The van der Waals surface area contributed by atoms with E-state index >= 15 is 0 Å². The Labute approximate surface area is 86.3 Å². The molecule has 0 aliphatic carbocycles. The summed E-state index contributed by atoms with van der Waals surface area (Å²) in [4.78, 5) is 25.9. The van der Waals surface area contributed by atoms with Crippen LogP contribution in [0.3, 0.4) is 0 Å². The van der Waals surface area contributed by atoms with Gasteiger partial charge in [0.25, 0.3) is 5.91 Å². The molecule has 0 saturated carbocycles. The van der Waals surface area contributed by atoms with E-state index in [1.165, 1.54) is 19.3 Å². The number of nitrogens with one attached hydrogen (secondary N) is 2. The molecule has 0 atom stereocenters. The third-order valence-electron chi connectivity index (χ3n) is 1.73. The van der Waals surface area contributed by atoms with Gasteiger partial charge < -0.3 is 15.7 Å². The molecule has 0 aliphatic heterocycles. The Balaban J connectivity index is 2.62. The Hall–Kier alpha value is -2.11. The highest BCUT2D eigenvalue weighted by Crippen LogP contribution is 2.12. The molecule has 6 heteroatoms. The molecule has 0 radical (unpaired) electrons. The fraction of sp³-hybridized carbons (Fsp3) is 0.222. The average molecular weight is 209 g/mol. The molecule has 1 rings (SSSR count). The van der Waals surface area contributed by atoms with E-state index in [-0.39, 0.29) is 23.8 Å². The van der Waals surface area contributed by atoms with Crippen molar-refractivity contribution in [3.05, 3.63) is 24.0 Å². The second kappa shape index (κ2) is 4.94. The van der Waals surface area contributed by atoms with Crippen molar-refractivity contribution in [2.75, 3.05) is 13.6 Å². The van der Waals surface area contributed by atoms with Crippen molar-refractivity contribution in [3.8, 4) is 5.75 Å². The van der Waals surface area contributed by atoms with Gasteiger partial charge in [-0.15, -0.1) is 0 Å². The van der Waals surface area contributed by atoms with Gasteiger partial charge in [-0.2, -0.15) is 0 Å². The minimum Gasteiger partial charge on any atom is -0.505 e. The van der Waals surface area contributed by atoms with Gasteiger partial charge in [-0.3, -0.25) is 14.6 Å². The molecule has 1 heterocycles. The molecule has 0 aliphatic rings. The molecule has 2 amide bonds. The van der Waals surface area contributed by atoms with Gasteiger partial charge in [-0.1, -0.05) is 0 Å². The third-order valence-corrected chi connectivity index (χ3v) is 1.73. The van der Waals surface area contributed by atoms with E-state index in [4.69, 9.17) is 0 Å². The molecule has 1 aromatic heterocycles. The largest absolute Gasteiger partial charge is 0.505 e. The lowest BCUT2D eigenvalue weighted by Crippen LogP contribution is -2.35. The van der Waals surface area contributed by atoms with Crippen molar-refractivity contribution in [2.45, 2.75) is 0 Å². The van der Waals surface area contributed by atoms with Crippen LogP contribution < -0.4 is 10.6 Å². The molecule has 0 unspecified atom stereocenters. The number of carbonyl (C=O) groups excluding carboxylic acids is 2. The van der Waals surface area contributed by atoms with Crippen LogP contribution in [-0.2, 0) is 4.79 Å². The van der Waals surface area contributed by atoms with E-state index in [0.29, 0.717) is 0 Å². The maximum absolute atomic E-state index is 11.4. The predicted octanol–water partition coefficient (Wildman–Crippen LogP) is -0.737. The smallest absolute Gasteiger partial charge is 0.255 e. The zero-order valence-corrected chi connectivity index (χ0v) is 8.15. The van der Waals surface area contributed by atoms with Gasteiger partial charge in [0.15, 0.2) is 0 Å². The van der Waals surface area contributed by atoms with Crippen molar-refractivity contribution < 1.29 is 14.7 Å². The average Bonchev–Trinajstić information content (AvgIpc) is 2.26. The third kappa shape index (κ3) is 2.94. The fourth-order valence-corrected chi connectivity index (χ4v) is 0.922. The summed E-state index contributed by atoms with van der Waals surface area (Å²) < 4.78 is 0. The summed E-state index contributed by atoms with van der Waals surface area (Å²) in [5.74, 6) is -1.04. The monoisotopic (exact) mass is 209 g/mol. The molecule has 0 saturated heterocycles. The molecule has 0 aromatic carbocycles. The molecule has 1 aromatic rings. The SMILES string of the molecule is CNC(=O)CNC(=O)c1ccncc1O. The summed E-state index contributed by atoms with van der Waals surface area (Å²) in [6, 6.07) is 1.37. The maximum atomic E-state index is 11.4. The maximum Gasteiger partial charge on any atom is 0.255 e. The van der Waals surface area contributed by atoms with Crippen molar-refractivity contribution in [3.63, 3.8) is 0 Å². The number of rotatable bonds is 3. The summed E-state index contributed by atoms with van der Waals surface area (Å²) in [5, 5.41) is 14.0. The van der Waals surface area contributed by atoms with Crippen molar-refractivity contribution in [1.29, 1.82) is 0 Å². The van der Waals surface area contributed by atoms with E-state index in [9.17, 15) is 14.7 Å².